The summed E-state index contributed by atoms with van der Waals surface area (Å²) >= 11 is 0. The van der Waals surface area contributed by atoms with Crippen molar-refractivity contribution in [2.75, 3.05) is 0 Å². The summed E-state index contributed by atoms with van der Waals surface area (Å²) in [6, 6.07) is 3.32. The van der Waals surface area contributed by atoms with Gasteiger partial charge in [-0.1, -0.05) is 0 Å². The maximum atomic E-state index is 10.9. The summed E-state index contributed by atoms with van der Waals surface area (Å²) in [6.45, 7) is 6.26. The van der Waals surface area contributed by atoms with E-state index in [9.17, 15) is 9.59 Å². The van der Waals surface area contributed by atoms with E-state index in [2.05, 4.69) is 0 Å². The predicted molar refractivity (Wildman–Crippen MR) is 58.5 cm³/mol. The lowest BCUT2D eigenvalue weighted by Gasteiger charge is -2.11. The minimum Gasteiger partial charge on any atom is -0.427 e. The van der Waals surface area contributed by atoms with Crippen LogP contribution in [0.15, 0.2) is 12.1 Å². The lowest BCUT2D eigenvalue weighted by Crippen LogP contribution is -2.06. The van der Waals surface area contributed by atoms with Gasteiger partial charge < -0.3 is 9.47 Å². The molecular formula is C12H14O4. The Labute approximate surface area is 94.2 Å². The highest BCUT2D eigenvalue weighted by molar-refractivity contribution is 5.72. The molecule has 0 fully saturated rings. The zero-order valence-corrected chi connectivity index (χ0v) is 9.79. The number of carbonyl (C=O) groups excluding carboxylic acids is 2. The molecule has 0 unspecified atom stereocenters. The van der Waals surface area contributed by atoms with Crippen molar-refractivity contribution in [2.45, 2.75) is 27.7 Å². The molecule has 0 amide bonds. The molecule has 86 valence electrons. The number of aryl methyl sites for hydroxylation is 2. The van der Waals surface area contributed by atoms with Crippen molar-refractivity contribution < 1.29 is 19.1 Å². The van der Waals surface area contributed by atoms with Crippen LogP contribution in [0.25, 0.3) is 0 Å². The van der Waals surface area contributed by atoms with Gasteiger partial charge in [0.1, 0.15) is 11.5 Å². The minimum absolute atomic E-state index is 0.369. The van der Waals surface area contributed by atoms with Crippen molar-refractivity contribution in [2.24, 2.45) is 0 Å². The summed E-state index contributed by atoms with van der Waals surface area (Å²) in [5.41, 5.74) is 1.51. The van der Waals surface area contributed by atoms with Gasteiger partial charge in [-0.3, -0.25) is 9.59 Å². The second-order valence-corrected chi connectivity index (χ2v) is 3.57. The standard InChI is InChI=1S/C12H14O4/c1-7-5-11(15-9(3)13)6-8(2)12(7)16-10(4)14/h5-6H,1-4H3. The molecule has 4 heteroatoms. The molecule has 0 radical (unpaired) electrons. The molecule has 0 aliphatic rings. The van der Waals surface area contributed by atoms with Crippen molar-refractivity contribution in [3.8, 4) is 11.5 Å². The molecule has 0 bridgehead atoms. The quantitative estimate of drug-likeness (QED) is 0.568. The Morgan fingerprint density at radius 1 is 0.938 bits per heavy atom. The van der Waals surface area contributed by atoms with E-state index < -0.39 is 0 Å². The highest BCUT2D eigenvalue weighted by atomic mass is 16.5. The molecule has 0 aliphatic heterocycles. The third-order valence-electron chi connectivity index (χ3n) is 1.94. The molecule has 0 N–H and O–H groups in total. The molecule has 16 heavy (non-hydrogen) atoms. The van der Waals surface area contributed by atoms with Gasteiger partial charge in [-0.25, -0.2) is 0 Å². The third kappa shape index (κ3) is 3.08. The monoisotopic (exact) mass is 222 g/mol. The summed E-state index contributed by atoms with van der Waals surface area (Å²) in [5.74, 6) is 0.229. The van der Waals surface area contributed by atoms with Crippen LogP contribution >= 0.6 is 0 Å². The van der Waals surface area contributed by atoms with Crippen LogP contribution < -0.4 is 9.47 Å². The van der Waals surface area contributed by atoms with Crippen LogP contribution in [0.3, 0.4) is 0 Å². The number of carbonyl (C=O) groups is 2. The summed E-state index contributed by atoms with van der Waals surface area (Å²) in [7, 11) is 0. The molecule has 0 heterocycles. The Balaban J connectivity index is 3.06. The first-order valence-corrected chi connectivity index (χ1v) is 4.88. The second kappa shape index (κ2) is 4.79. The van der Waals surface area contributed by atoms with Crippen LogP contribution in [-0.4, -0.2) is 11.9 Å². The molecule has 0 aromatic heterocycles. The Morgan fingerprint density at radius 2 is 1.38 bits per heavy atom. The van der Waals surface area contributed by atoms with E-state index in [0.29, 0.717) is 11.5 Å². The van der Waals surface area contributed by atoms with Gasteiger partial charge in [0, 0.05) is 13.8 Å². The number of ether oxygens (including phenoxy) is 2. The summed E-state index contributed by atoms with van der Waals surface area (Å²) in [5, 5.41) is 0. The zero-order valence-electron chi connectivity index (χ0n) is 9.79. The summed E-state index contributed by atoms with van der Waals surface area (Å²) in [6.07, 6.45) is 0. The first-order valence-electron chi connectivity index (χ1n) is 4.88. The Kier molecular flexibility index (Phi) is 3.66. The molecule has 1 rings (SSSR count). The predicted octanol–water partition coefficient (Wildman–Crippen LogP) is 2.15. The van der Waals surface area contributed by atoms with Crippen molar-refractivity contribution >= 4 is 11.9 Å². The van der Waals surface area contributed by atoms with Gasteiger partial charge in [0.2, 0.25) is 0 Å². The van der Waals surface area contributed by atoms with E-state index in [1.54, 1.807) is 26.0 Å². The van der Waals surface area contributed by atoms with Gasteiger partial charge in [-0.2, -0.15) is 0 Å². The van der Waals surface area contributed by atoms with E-state index in [-0.39, 0.29) is 11.9 Å². The highest BCUT2D eigenvalue weighted by Gasteiger charge is 2.10. The number of esters is 2. The van der Waals surface area contributed by atoms with Gasteiger partial charge in [0.15, 0.2) is 0 Å². The Hall–Kier alpha value is -1.84. The normalized spacial score (nSPS) is 9.75. The average molecular weight is 222 g/mol. The molecule has 0 saturated heterocycles. The maximum absolute atomic E-state index is 10.9. The molecule has 0 atom stereocenters. The number of rotatable bonds is 2. The van der Waals surface area contributed by atoms with Gasteiger partial charge in [-0.15, -0.1) is 0 Å². The van der Waals surface area contributed by atoms with Crippen LogP contribution in [0.4, 0.5) is 0 Å². The van der Waals surface area contributed by atoms with Crippen molar-refractivity contribution in [3.05, 3.63) is 23.3 Å². The number of hydrogen-bond acceptors (Lipinski definition) is 4. The van der Waals surface area contributed by atoms with Gasteiger partial charge in [-0.05, 0) is 37.1 Å². The van der Waals surface area contributed by atoms with Crippen LogP contribution in [0, 0.1) is 13.8 Å². The van der Waals surface area contributed by atoms with Gasteiger partial charge >= 0.3 is 11.9 Å². The zero-order chi connectivity index (χ0) is 12.3. The lowest BCUT2D eigenvalue weighted by molar-refractivity contribution is -0.133. The lowest BCUT2D eigenvalue weighted by atomic mass is 10.1. The number of benzene rings is 1. The fourth-order valence-electron chi connectivity index (χ4n) is 1.44. The van der Waals surface area contributed by atoms with E-state index in [1.165, 1.54) is 13.8 Å². The van der Waals surface area contributed by atoms with Crippen LogP contribution in [0.2, 0.25) is 0 Å². The Morgan fingerprint density at radius 3 is 1.75 bits per heavy atom. The van der Waals surface area contributed by atoms with E-state index >= 15 is 0 Å². The molecule has 1 aromatic rings. The second-order valence-electron chi connectivity index (χ2n) is 3.57. The fourth-order valence-corrected chi connectivity index (χ4v) is 1.44. The molecule has 0 saturated carbocycles. The highest BCUT2D eigenvalue weighted by Crippen LogP contribution is 2.28. The number of hydrogen-bond donors (Lipinski definition) is 0. The molecule has 0 spiro atoms. The first kappa shape index (κ1) is 12.2. The van der Waals surface area contributed by atoms with Crippen molar-refractivity contribution in [1.29, 1.82) is 0 Å². The van der Waals surface area contributed by atoms with E-state index in [4.69, 9.17) is 9.47 Å². The first-order chi connectivity index (χ1) is 7.40. The minimum atomic E-state index is -0.376. The van der Waals surface area contributed by atoms with Crippen LogP contribution in [0.1, 0.15) is 25.0 Å². The van der Waals surface area contributed by atoms with Gasteiger partial charge in [0.25, 0.3) is 0 Å². The molecule has 0 aliphatic carbocycles. The van der Waals surface area contributed by atoms with Crippen molar-refractivity contribution in [1.82, 2.24) is 0 Å². The largest absolute Gasteiger partial charge is 0.427 e. The van der Waals surface area contributed by atoms with Crippen LogP contribution in [0.5, 0.6) is 11.5 Å². The van der Waals surface area contributed by atoms with E-state index in [1.807, 2.05) is 0 Å². The van der Waals surface area contributed by atoms with Gasteiger partial charge in [0.05, 0.1) is 0 Å². The molecule has 1 aromatic carbocycles. The smallest absolute Gasteiger partial charge is 0.308 e. The van der Waals surface area contributed by atoms with Crippen LogP contribution in [-0.2, 0) is 9.59 Å². The summed E-state index contributed by atoms with van der Waals surface area (Å²) in [4.78, 5) is 21.7. The molecule has 4 nitrogen and oxygen atoms in total. The maximum Gasteiger partial charge on any atom is 0.308 e. The third-order valence-corrected chi connectivity index (χ3v) is 1.94. The fraction of sp³-hybridized carbons (Fsp3) is 0.333. The summed E-state index contributed by atoms with van der Waals surface area (Å²) < 4.78 is 10.0. The van der Waals surface area contributed by atoms with E-state index in [0.717, 1.165) is 11.1 Å². The topological polar surface area (TPSA) is 52.6 Å². The molecular weight excluding hydrogens is 208 g/mol. The average Bonchev–Trinajstić information content (AvgIpc) is 2.10. The Bertz CT molecular complexity index is 412. The van der Waals surface area contributed by atoms with Crippen molar-refractivity contribution in [3.63, 3.8) is 0 Å². The SMILES string of the molecule is CC(=O)Oc1cc(C)c(OC(C)=O)c(C)c1.